The Hall–Kier alpha value is -2.96. The van der Waals surface area contributed by atoms with Crippen molar-refractivity contribution in [3.63, 3.8) is 0 Å². The van der Waals surface area contributed by atoms with Crippen molar-refractivity contribution in [1.82, 2.24) is 39.9 Å². The number of aromatic nitrogens is 8. The van der Waals surface area contributed by atoms with Crippen molar-refractivity contribution in [1.29, 1.82) is 0 Å². The number of fused-ring (bicyclic) bond motifs is 20. The molecule has 0 spiro atoms. The van der Waals surface area contributed by atoms with Gasteiger partial charge in [-0.2, -0.15) is 50.5 Å². The third kappa shape index (κ3) is 13.9. The van der Waals surface area contributed by atoms with Gasteiger partial charge < -0.3 is 9.97 Å². The maximum atomic E-state index is 5.41. The van der Waals surface area contributed by atoms with E-state index in [0.29, 0.717) is 45.9 Å². The zero-order valence-corrected chi connectivity index (χ0v) is 47.8. The molecular weight excluding hydrogens is 1040 g/mol. The molecule has 0 saturated heterocycles. The SMILES string of the molecule is SCCCCCCSc1ccc2c(c1)-c1nc-2nc2[nH]c(nc3nc(nc4[nH]c(n1)c1ccc(SCCCCCCS)cc41)-c1ccc(SCCCCCCS)cc1-3)c1ccc(SCCCCCCS)cc21. The average Bonchev–Trinajstić information content (AvgIpc) is 4.13. The second-order valence-electron chi connectivity index (χ2n) is 18.4. The Morgan fingerprint density at radius 3 is 0.931 bits per heavy atom. The van der Waals surface area contributed by atoms with Crippen LogP contribution in [-0.2, 0) is 0 Å². The van der Waals surface area contributed by atoms with Crippen LogP contribution >= 0.6 is 97.6 Å². The van der Waals surface area contributed by atoms with E-state index in [1.807, 2.05) is 47.0 Å². The first-order valence-electron chi connectivity index (χ1n) is 25.9. The van der Waals surface area contributed by atoms with Crippen molar-refractivity contribution >= 4 is 142 Å². The molecule has 0 saturated carbocycles. The standard InChI is InChI=1S/C56H66N8S8/c65-25-9-1-5-13-29-69-37-17-21-41-45(33-37)53-57-49(41)62-54-47-35-39(71-31-15-7-3-11-27-67)19-23-43(47)51(59-54)64-56-48-36-40(72-32-16-8-4-12-28-68)20-24-44(48)52(60-56)63-55-46-34-38(70-30-14-6-2-10-26-66)18-22-42(46)50(58-55)61-53/h17-24,33-36,65-68H,1-16,25-32H2,(H2,57,58,59,60,61,62,63,64). The highest BCUT2D eigenvalue weighted by atomic mass is 32.2. The summed E-state index contributed by atoms with van der Waals surface area (Å²) in [5.41, 5.74) is 6.70. The number of thioether (sulfide) groups is 4. The molecule has 0 radical (unpaired) electrons. The zero-order chi connectivity index (χ0) is 49.5. The molecule has 3 aromatic heterocycles. The van der Waals surface area contributed by atoms with Gasteiger partial charge in [0.05, 0.1) is 0 Å². The molecule has 9 rings (SSSR count). The lowest BCUT2D eigenvalue weighted by atomic mass is 10.1. The fourth-order valence-corrected chi connectivity index (χ4v) is 13.8. The van der Waals surface area contributed by atoms with Crippen molar-refractivity contribution in [3.05, 3.63) is 72.8 Å². The molecule has 0 atom stereocenters. The van der Waals surface area contributed by atoms with Gasteiger partial charge in [-0.1, -0.05) is 51.4 Å². The molecule has 2 N–H and O–H groups in total. The summed E-state index contributed by atoms with van der Waals surface area (Å²) in [4.78, 5) is 44.4. The summed E-state index contributed by atoms with van der Waals surface area (Å²) in [6, 6.07) is 26.6. The number of rotatable bonds is 28. The quantitative estimate of drug-likeness (QED) is 0.0161. The van der Waals surface area contributed by atoms with Gasteiger partial charge in [0, 0.05) is 63.4 Å². The van der Waals surface area contributed by atoms with Crippen LogP contribution in [0.25, 0.3) is 89.7 Å². The number of thiol groups is 4. The molecule has 0 aliphatic carbocycles. The molecule has 8 bridgehead atoms. The van der Waals surface area contributed by atoms with Gasteiger partial charge in [0.25, 0.3) is 0 Å². The monoisotopic (exact) mass is 1110 g/mol. The Morgan fingerprint density at radius 1 is 0.292 bits per heavy atom. The molecule has 72 heavy (non-hydrogen) atoms. The fourth-order valence-electron chi connectivity index (χ4n) is 9.10. The first-order valence-corrected chi connectivity index (χ1v) is 32.3. The maximum Gasteiger partial charge on any atom is 0.164 e. The predicted molar refractivity (Wildman–Crippen MR) is 328 cm³/mol. The molecule has 0 fully saturated rings. The van der Waals surface area contributed by atoms with Crippen LogP contribution in [0.1, 0.15) is 103 Å². The summed E-state index contributed by atoms with van der Waals surface area (Å²) < 4.78 is 0. The summed E-state index contributed by atoms with van der Waals surface area (Å²) in [6.45, 7) is 0. The molecule has 2 aliphatic rings. The number of nitrogens with one attached hydrogen (secondary N) is 2. The molecule has 378 valence electrons. The van der Waals surface area contributed by atoms with Crippen LogP contribution in [0.2, 0.25) is 0 Å². The average molecular weight is 1110 g/mol. The van der Waals surface area contributed by atoms with E-state index in [9.17, 15) is 0 Å². The molecule has 0 unspecified atom stereocenters. The van der Waals surface area contributed by atoms with Crippen molar-refractivity contribution in [2.24, 2.45) is 0 Å². The number of hydrogen-bond acceptors (Lipinski definition) is 14. The lowest BCUT2D eigenvalue weighted by molar-refractivity contribution is 0.712. The van der Waals surface area contributed by atoms with Gasteiger partial charge in [-0.25, -0.2) is 29.9 Å². The molecule has 0 amide bonds. The van der Waals surface area contributed by atoms with Gasteiger partial charge in [-0.3, -0.25) is 0 Å². The Labute approximate surface area is 464 Å². The molecular formula is C56H66N8S8. The van der Waals surface area contributed by atoms with Crippen LogP contribution in [0.5, 0.6) is 0 Å². The summed E-state index contributed by atoms with van der Waals surface area (Å²) in [5, 5.41) is 3.97. The lowest BCUT2D eigenvalue weighted by Crippen LogP contribution is -1.86. The lowest BCUT2D eigenvalue weighted by Gasteiger charge is -2.05. The molecule has 4 aromatic carbocycles. The Bertz CT molecular complexity index is 2900. The van der Waals surface area contributed by atoms with E-state index in [4.69, 9.17) is 29.9 Å². The van der Waals surface area contributed by atoms with Gasteiger partial charge in [0.2, 0.25) is 0 Å². The van der Waals surface area contributed by atoms with Crippen LogP contribution in [0.15, 0.2) is 92.4 Å². The van der Waals surface area contributed by atoms with Gasteiger partial charge in [0.15, 0.2) is 23.3 Å². The summed E-state index contributed by atoms with van der Waals surface area (Å²) in [7, 11) is 0. The molecule has 5 heterocycles. The van der Waals surface area contributed by atoms with Gasteiger partial charge in [-0.05, 0) is 170 Å². The minimum absolute atomic E-state index is 0.622. The van der Waals surface area contributed by atoms with E-state index in [0.717, 1.165) is 116 Å². The molecule has 7 aromatic rings. The minimum Gasteiger partial charge on any atom is -0.324 e. The van der Waals surface area contributed by atoms with Crippen molar-refractivity contribution < 1.29 is 0 Å². The topological polar surface area (TPSA) is 109 Å². The smallest absolute Gasteiger partial charge is 0.164 e. The number of H-pyrrole nitrogens is 2. The molecule has 8 nitrogen and oxygen atoms in total. The van der Waals surface area contributed by atoms with Gasteiger partial charge in [-0.15, -0.1) is 47.0 Å². The summed E-state index contributed by atoms with van der Waals surface area (Å²) in [6.07, 6.45) is 19.1. The van der Waals surface area contributed by atoms with Gasteiger partial charge >= 0.3 is 0 Å². The second-order valence-corrected chi connectivity index (χ2v) is 24.8. The van der Waals surface area contributed by atoms with E-state index in [1.54, 1.807) is 0 Å². The summed E-state index contributed by atoms with van der Waals surface area (Å²) >= 11 is 25.2. The van der Waals surface area contributed by atoms with E-state index in [2.05, 4.69) is 133 Å². The van der Waals surface area contributed by atoms with Crippen LogP contribution in [0.3, 0.4) is 0 Å². The second kappa shape index (κ2) is 27.7. The predicted octanol–water partition coefficient (Wildman–Crippen LogP) is 17.2. The Morgan fingerprint density at radius 2 is 0.583 bits per heavy atom. The number of benzene rings is 4. The summed E-state index contributed by atoms with van der Waals surface area (Å²) in [5.74, 6) is 10.5. The van der Waals surface area contributed by atoms with Crippen molar-refractivity contribution in [2.45, 2.75) is 122 Å². The normalized spacial score (nSPS) is 12.1. The Balaban J connectivity index is 1.20. The zero-order valence-electron chi connectivity index (χ0n) is 41.0. The number of aromatic amines is 2. The van der Waals surface area contributed by atoms with Crippen molar-refractivity contribution in [2.75, 3.05) is 46.0 Å². The highest BCUT2D eigenvalue weighted by Gasteiger charge is 2.24. The largest absolute Gasteiger partial charge is 0.324 e. The highest BCUT2D eigenvalue weighted by molar-refractivity contribution is 8.00. The number of nitrogens with zero attached hydrogens (tertiary/aromatic N) is 6. The first-order chi connectivity index (χ1) is 35.5. The van der Waals surface area contributed by atoms with Crippen molar-refractivity contribution in [3.8, 4) is 45.6 Å². The van der Waals surface area contributed by atoms with Crippen LogP contribution in [0.4, 0.5) is 0 Å². The number of unbranched alkanes of at least 4 members (excludes halogenated alkanes) is 12. The van der Waals surface area contributed by atoms with Crippen LogP contribution < -0.4 is 0 Å². The third-order valence-electron chi connectivity index (χ3n) is 13.0. The third-order valence-corrected chi connectivity index (χ3v) is 18.6. The Kier molecular flexibility index (Phi) is 20.7. The molecule has 16 heteroatoms. The molecule has 2 aliphatic heterocycles. The van der Waals surface area contributed by atoms with Crippen LogP contribution in [-0.4, -0.2) is 85.9 Å². The minimum atomic E-state index is 0.622. The van der Waals surface area contributed by atoms with Crippen LogP contribution in [0, 0.1) is 0 Å². The fraction of sp³-hybridized carbons (Fsp3) is 0.429. The first kappa shape index (κ1) is 53.9. The highest BCUT2D eigenvalue weighted by Crippen LogP contribution is 2.41. The van der Waals surface area contributed by atoms with E-state index in [-0.39, 0.29) is 0 Å². The van der Waals surface area contributed by atoms with Gasteiger partial charge in [0.1, 0.15) is 22.6 Å². The number of hydrogen-bond donors (Lipinski definition) is 6. The van der Waals surface area contributed by atoms with E-state index in [1.165, 1.54) is 96.6 Å². The maximum absolute atomic E-state index is 5.41. The van der Waals surface area contributed by atoms with E-state index >= 15 is 0 Å². The van der Waals surface area contributed by atoms with E-state index < -0.39 is 0 Å².